The lowest BCUT2D eigenvalue weighted by molar-refractivity contribution is 0.243. The van der Waals surface area contributed by atoms with Gasteiger partial charge in [-0.1, -0.05) is 83.8 Å². The summed E-state index contributed by atoms with van der Waals surface area (Å²) < 4.78 is 0. The second-order valence-corrected chi connectivity index (χ2v) is 8.40. The fourth-order valence-electron chi connectivity index (χ4n) is 4.85. The third-order valence-corrected chi connectivity index (χ3v) is 6.52. The molecular formula is C24H36N2. The number of nitrogens with zero attached hydrogens (tertiary/aromatic N) is 2. The van der Waals surface area contributed by atoms with Crippen molar-refractivity contribution in [2.45, 2.75) is 90.9 Å². The second kappa shape index (κ2) is 11.2. The van der Waals surface area contributed by atoms with E-state index in [0.717, 1.165) is 42.2 Å². The lowest BCUT2D eigenvalue weighted by Crippen LogP contribution is -2.18. The van der Waals surface area contributed by atoms with Crippen LogP contribution in [0.5, 0.6) is 0 Å². The van der Waals surface area contributed by atoms with Gasteiger partial charge < -0.3 is 0 Å². The van der Waals surface area contributed by atoms with Crippen molar-refractivity contribution in [1.29, 1.82) is 10.5 Å². The summed E-state index contributed by atoms with van der Waals surface area (Å²) >= 11 is 0. The second-order valence-electron chi connectivity index (χ2n) is 8.40. The third kappa shape index (κ3) is 5.74. The molecule has 2 aliphatic rings. The van der Waals surface area contributed by atoms with Crippen molar-refractivity contribution in [2.75, 3.05) is 0 Å². The molecule has 0 aliphatic heterocycles. The van der Waals surface area contributed by atoms with Gasteiger partial charge in [0.1, 0.15) is 0 Å². The number of nitriles is 2. The molecule has 2 atom stereocenters. The van der Waals surface area contributed by atoms with E-state index in [1.165, 1.54) is 57.8 Å². The maximum absolute atomic E-state index is 9.63. The number of unbranched alkanes of at least 4 members (excludes halogenated alkanes) is 2. The first-order chi connectivity index (χ1) is 12.7. The van der Waals surface area contributed by atoms with Crippen molar-refractivity contribution in [3.63, 3.8) is 0 Å². The van der Waals surface area contributed by atoms with E-state index in [1.807, 2.05) is 0 Å². The summed E-state index contributed by atoms with van der Waals surface area (Å²) in [6.45, 7) is 4.42. The Labute approximate surface area is 161 Å². The highest BCUT2D eigenvalue weighted by molar-refractivity contribution is 5.46. The maximum atomic E-state index is 9.63. The average Bonchev–Trinajstić information content (AvgIpc) is 2.67. The van der Waals surface area contributed by atoms with Crippen LogP contribution in [0.2, 0.25) is 0 Å². The van der Waals surface area contributed by atoms with Gasteiger partial charge in [-0.2, -0.15) is 10.5 Å². The van der Waals surface area contributed by atoms with Gasteiger partial charge in [-0.3, -0.25) is 0 Å². The van der Waals surface area contributed by atoms with Gasteiger partial charge in [-0.25, -0.2) is 0 Å². The summed E-state index contributed by atoms with van der Waals surface area (Å²) in [6, 6.07) is 4.72. The normalized spacial score (nSPS) is 28.6. The molecule has 0 amide bonds. The van der Waals surface area contributed by atoms with Gasteiger partial charge in [0.05, 0.1) is 23.3 Å². The van der Waals surface area contributed by atoms with E-state index < -0.39 is 0 Å². The van der Waals surface area contributed by atoms with Crippen molar-refractivity contribution in [3.8, 4) is 12.1 Å². The van der Waals surface area contributed by atoms with E-state index in [-0.39, 0.29) is 11.8 Å². The summed E-state index contributed by atoms with van der Waals surface area (Å²) in [5, 5.41) is 19.2. The zero-order valence-electron chi connectivity index (χ0n) is 16.8. The minimum atomic E-state index is 0.162. The molecule has 2 rings (SSSR count). The van der Waals surface area contributed by atoms with Gasteiger partial charge in [0.2, 0.25) is 0 Å². The van der Waals surface area contributed by atoms with E-state index in [0.29, 0.717) is 0 Å². The Bertz CT molecular complexity index is 564. The molecule has 0 saturated heterocycles. The van der Waals surface area contributed by atoms with Crippen LogP contribution in [0.1, 0.15) is 90.9 Å². The standard InChI is InChI=1S/C24H36N2/c1-3-5-6-8-19-9-11-20(12-10-19)13-14-22-16-15-21(7-4-2)23(17-25)24(22)18-26/h15-16,19-22H,3-14H2,1-2H3/t19-,20-,21?,22?. The highest BCUT2D eigenvalue weighted by atomic mass is 14.4. The SMILES string of the molecule is CCCCC[C@H]1CC[C@H](CCC2C=CC(CCC)C(C#N)=C2C#N)CC1. The van der Waals surface area contributed by atoms with E-state index in [9.17, 15) is 10.5 Å². The van der Waals surface area contributed by atoms with Gasteiger partial charge in [-0.15, -0.1) is 0 Å². The molecule has 0 aromatic rings. The van der Waals surface area contributed by atoms with Crippen LogP contribution < -0.4 is 0 Å². The summed E-state index contributed by atoms with van der Waals surface area (Å²) in [7, 11) is 0. The highest BCUT2D eigenvalue weighted by Gasteiger charge is 2.27. The van der Waals surface area contributed by atoms with Gasteiger partial charge >= 0.3 is 0 Å². The van der Waals surface area contributed by atoms with Gasteiger partial charge in [0.15, 0.2) is 0 Å². The predicted molar refractivity (Wildman–Crippen MR) is 108 cm³/mol. The van der Waals surface area contributed by atoms with Gasteiger partial charge in [-0.05, 0) is 31.1 Å². The summed E-state index contributed by atoms with van der Waals surface area (Å²) in [5.74, 6) is 2.12. The third-order valence-electron chi connectivity index (χ3n) is 6.52. The molecule has 0 N–H and O–H groups in total. The molecule has 0 bridgehead atoms. The molecule has 1 fully saturated rings. The minimum Gasteiger partial charge on any atom is -0.193 e. The molecule has 2 aliphatic carbocycles. The number of rotatable bonds is 9. The number of hydrogen-bond donors (Lipinski definition) is 0. The summed E-state index contributed by atoms with van der Waals surface area (Å²) in [5.41, 5.74) is 1.49. The zero-order chi connectivity index (χ0) is 18.8. The molecule has 0 aromatic heterocycles. The molecule has 0 aromatic carbocycles. The fraction of sp³-hybridized carbons (Fsp3) is 0.750. The summed E-state index contributed by atoms with van der Waals surface area (Å²) in [6.07, 6.45) is 19.7. The topological polar surface area (TPSA) is 47.6 Å². The van der Waals surface area contributed by atoms with E-state index in [2.05, 4.69) is 38.1 Å². The van der Waals surface area contributed by atoms with Crippen molar-refractivity contribution in [1.82, 2.24) is 0 Å². The average molecular weight is 353 g/mol. The fourth-order valence-corrected chi connectivity index (χ4v) is 4.85. The van der Waals surface area contributed by atoms with Crippen LogP contribution in [0.15, 0.2) is 23.3 Å². The van der Waals surface area contributed by atoms with Crippen molar-refractivity contribution in [2.24, 2.45) is 23.7 Å². The molecule has 26 heavy (non-hydrogen) atoms. The van der Waals surface area contributed by atoms with E-state index >= 15 is 0 Å². The minimum absolute atomic E-state index is 0.162. The van der Waals surface area contributed by atoms with Crippen LogP contribution >= 0.6 is 0 Å². The smallest absolute Gasteiger partial charge is 0.0964 e. The first kappa shape index (κ1) is 20.8. The van der Waals surface area contributed by atoms with Gasteiger partial charge in [0, 0.05) is 11.8 Å². The molecule has 2 heteroatoms. The number of allylic oxidation sites excluding steroid dienone is 4. The number of hydrogen-bond acceptors (Lipinski definition) is 2. The molecule has 0 heterocycles. The zero-order valence-corrected chi connectivity index (χ0v) is 16.8. The lowest BCUT2D eigenvalue weighted by Gasteiger charge is -2.30. The Kier molecular flexibility index (Phi) is 8.97. The van der Waals surface area contributed by atoms with Crippen molar-refractivity contribution in [3.05, 3.63) is 23.3 Å². The highest BCUT2D eigenvalue weighted by Crippen LogP contribution is 2.38. The molecule has 0 radical (unpaired) electrons. The Morgan fingerprint density at radius 3 is 1.77 bits per heavy atom. The predicted octanol–water partition coefficient (Wildman–Crippen LogP) is 7.10. The first-order valence-corrected chi connectivity index (χ1v) is 11.0. The summed E-state index contributed by atoms with van der Waals surface area (Å²) in [4.78, 5) is 0. The van der Waals surface area contributed by atoms with Crippen LogP contribution in [0.3, 0.4) is 0 Å². The van der Waals surface area contributed by atoms with Crippen LogP contribution in [-0.2, 0) is 0 Å². The van der Waals surface area contributed by atoms with Crippen LogP contribution in [0.4, 0.5) is 0 Å². The lowest BCUT2D eigenvalue weighted by atomic mass is 9.75. The van der Waals surface area contributed by atoms with Gasteiger partial charge in [0.25, 0.3) is 0 Å². The monoisotopic (exact) mass is 352 g/mol. The Balaban J connectivity index is 1.83. The molecular weight excluding hydrogens is 316 g/mol. The molecule has 2 unspecified atom stereocenters. The van der Waals surface area contributed by atoms with Crippen LogP contribution in [0.25, 0.3) is 0 Å². The molecule has 2 nitrogen and oxygen atoms in total. The molecule has 142 valence electrons. The van der Waals surface area contributed by atoms with Crippen LogP contribution in [-0.4, -0.2) is 0 Å². The van der Waals surface area contributed by atoms with Crippen LogP contribution in [0, 0.1) is 46.3 Å². The van der Waals surface area contributed by atoms with E-state index in [1.54, 1.807) is 0 Å². The largest absolute Gasteiger partial charge is 0.193 e. The Hall–Kier alpha value is -1.54. The Morgan fingerprint density at radius 2 is 1.27 bits per heavy atom. The van der Waals surface area contributed by atoms with Crippen molar-refractivity contribution < 1.29 is 0 Å². The van der Waals surface area contributed by atoms with E-state index in [4.69, 9.17) is 0 Å². The molecule has 0 spiro atoms. The maximum Gasteiger partial charge on any atom is 0.0964 e. The van der Waals surface area contributed by atoms with Crippen molar-refractivity contribution >= 4 is 0 Å². The Morgan fingerprint density at radius 1 is 0.731 bits per heavy atom. The quantitative estimate of drug-likeness (QED) is 0.328. The molecule has 1 saturated carbocycles. The first-order valence-electron chi connectivity index (χ1n) is 11.0.